The van der Waals surface area contributed by atoms with Crippen molar-refractivity contribution in [3.63, 3.8) is 0 Å². The van der Waals surface area contributed by atoms with Crippen molar-refractivity contribution in [1.82, 2.24) is 14.4 Å². The molecule has 0 spiro atoms. The molecule has 0 aromatic carbocycles. The monoisotopic (exact) mass is 244 g/mol. The highest BCUT2D eigenvalue weighted by Crippen LogP contribution is 2.20. The van der Waals surface area contributed by atoms with E-state index in [1.165, 1.54) is 5.56 Å². The molecule has 0 radical (unpaired) electrons. The van der Waals surface area contributed by atoms with Crippen LogP contribution in [0.5, 0.6) is 0 Å². The van der Waals surface area contributed by atoms with Crippen molar-refractivity contribution in [3.05, 3.63) is 33.7 Å². The summed E-state index contributed by atoms with van der Waals surface area (Å²) in [7, 11) is 0. The molecule has 0 saturated carbocycles. The molecular weight excluding hydrogens is 228 g/mol. The standard InChI is InChI=1S/C13H16N4O/c1-8-11-13(18)16-10-6-5-9(4-2-3-7-14)12(15-8)17(10)11/h5-6H,2-4,7,14H2,1H3,(H,16,18). The Morgan fingerprint density at radius 3 is 3.00 bits per heavy atom. The van der Waals surface area contributed by atoms with Crippen molar-refractivity contribution >= 4 is 16.8 Å². The number of pyridine rings is 1. The van der Waals surface area contributed by atoms with Crippen LogP contribution in [0.15, 0.2) is 16.9 Å². The summed E-state index contributed by atoms with van der Waals surface area (Å²) in [4.78, 5) is 19.2. The van der Waals surface area contributed by atoms with Crippen LogP contribution in [0.4, 0.5) is 0 Å². The lowest BCUT2D eigenvalue weighted by Gasteiger charge is -2.03. The van der Waals surface area contributed by atoms with Crippen LogP contribution in [0, 0.1) is 6.92 Å². The fraction of sp³-hybridized carbons (Fsp3) is 0.385. The predicted octanol–water partition coefficient (Wildman–Crippen LogP) is 1.20. The minimum Gasteiger partial charge on any atom is -0.330 e. The van der Waals surface area contributed by atoms with Gasteiger partial charge < -0.3 is 10.7 Å². The molecule has 3 N–H and O–H groups in total. The van der Waals surface area contributed by atoms with Gasteiger partial charge in [-0.2, -0.15) is 0 Å². The minimum absolute atomic E-state index is 0.0610. The molecule has 0 aliphatic rings. The zero-order valence-electron chi connectivity index (χ0n) is 10.4. The van der Waals surface area contributed by atoms with Gasteiger partial charge in [-0.05, 0) is 44.4 Å². The fourth-order valence-corrected chi connectivity index (χ4v) is 2.50. The first kappa shape index (κ1) is 11.2. The average Bonchev–Trinajstić information content (AvgIpc) is 2.86. The Kier molecular flexibility index (Phi) is 2.56. The Morgan fingerprint density at radius 2 is 2.22 bits per heavy atom. The molecule has 3 aromatic rings. The second-order valence-electron chi connectivity index (χ2n) is 4.65. The van der Waals surface area contributed by atoms with E-state index >= 15 is 0 Å². The number of aryl methyl sites for hydroxylation is 2. The van der Waals surface area contributed by atoms with Crippen LogP contribution in [0.1, 0.15) is 24.1 Å². The van der Waals surface area contributed by atoms with Crippen LogP contribution in [0.2, 0.25) is 0 Å². The van der Waals surface area contributed by atoms with Gasteiger partial charge in [0.05, 0.1) is 5.69 Å². The third-order valence-electron chi connectivity index (χ3n) is 3.38. The van der Waals surface area contributed by atoms with Gasteiger partial charge >= 0.3 is 0 Å². The maximum absolute atomic E-state index is 11.8. The lowest BCUT2D eigenvalue weighted by molar-refractivity contribution is 0.745. The molecule has 0 fully saturated rings. The fourth-order valence-electron chi connectivity index (χ4n) is 2.50. The van der Waals surface area contributed by atoms with E-state index in [9.17, 15) is 4.79 Å². The van der Waals surface area contributed by atoms with Crippen molar-refractivity contribution in [2.24, 2.45) is 5.73 Å². The van der Waals surface area contributed by atoms with Gasteiger partial charge in [0.15, 0.2) is 0 Å². The summed E-state index contributed by atoms with van der Waals surface area (Å²) in [5.41, 5.74) is 9.80. The normalized spacial score (nSPS) is 11.9. The molecule has 0 aliphatic heterocycles. The summed E-state index contributed by atoms with van der Waals surface area (Å²) in [6, 6.07) is 3.99. The summed E-state index contributed by atoms with van der Waals surface area (Å²) < 4.78 is 1.93. The summed E-state index contributed by atoms with van der Waals surface area (Å²) in [5, 5.41) is 0. The Hall–Kier alpha value is -1.88. The maximum atomic E-state index is 11.8. The summed E-state index contributed by atoms with van der Waals surface area (Å²) in [5.74, 6) is 0. The number of aromatic nitrogens is 3. The molecule has 3 rings (SSSR count). The molecule has 94 valence electrons. The number of H-pyrrole nitrogens is 1. The number of aromatic amines is 1. The second kappa shape index (κ2) is 4.10. The highest BCUT2D eigenvalue weighted by atomic mass is 16.1. The molecule has 0 saturated heterocycles. The van der Waals surface area contributed by atoms with Crippen molar-refractivity contribution in [2.75, 3.05) is 6.54 Å². The Bertz CT molecular complexity index is 740. The number of hydrogen-bond acceptors (Lipinski definition) is 3. The number of imidazole rings is 2. The van der Waals surface area contributed by atoms with E-state index < -0.39 is 0 Å². The van der Waals surface area contributed by atoms with Gasteiger partial charge in [0.2, 0.25) is 0 Å². The number of nitrogens with two attached hydrogens (primary N) is 1. The quantitative estimate of drug-likeness (QED) is 0.677. The van der Waals surface area contributed by atoms with Crippen molar-refractivity contribution in [1.29, 1.82) is 0 Å². The third-order valence-corrected chi connectivity index (χ3v) is 3.38. The molecule has 0 bridgehead atoms. The molecule has 3 aromatic heterocycles. The van der Waals surface area contributed by atoms with Crippen LogP contribution in [-0.2, 0) is 6.42 Å². The van der Waals surface area contributed by atoms with E-state index in [4.69, 9.17) is 5.73 Å². The third kappa shape index (κ3) is 1.51. The molecule has 18 heavy (non-hydrogen) atoms. The maximum Gasteiger partial charge on any atom is 0.275 e. The molecule has 0 unspecified atom stereocenters. The van der Waals surface area contributed by atoms with Gasteiger partial charge in [-0.25, -0.2) is 4.98 Å². The van der Waals surface area contributed by atoms with Gasteiger partial charge in [-0.15, -0.1) is 0 Å². The number of nitrogens with one attached hydrogen (secondary N) is 1. The van der Waals surface area contributed by atoms with Crippen LogP contribution in [0.3, 0.4) is 0 Å². The lowest BCUT2D eigenvalue weighted by Crippen LogP contribution is -2.00. The molecule has 5 nitrogen and oxygen atoms in total. The Balaban J connectivity index is 2.17. The SMILES string of the molecule is Cc1nc2c(CCCCN)ccc3[nH]c(=O)c1n32. The number of rotatable bonds is 4. The minimum atomic E-state index is -0.0610. The predicted molar refractivity (Wildman–Crippen MR) is 71.2 cm³/mol. The number of hydrogen-bond donors (Lipinski definition) is 2. The van der Waals surface area contributed by atoms with Crippen LogP contribution in [-0.4, -0.2) is 20.9 Å². The zero-order chi connectivity index (χ0) is 12.7. The van der Waals surface area contributed by atoms with Gasteiger partial charge in [-0.1, -0.05) is 6.07 Å². The van der Waals surface area contributed by atoms with Gasteiger partial charge in [0, 0.05) is 0 Å². The summed E-state index contributed by atoms with van der Waals surface area (Å²) in [6.07, 6.45) is 3.01. The zero-order valence-corrected chi connectivity index (χ0v) is 10.4. The first-order valence-corrected chi connectivity index (χ1v) is 6.24. The highest BCUT2D eigenvalue weighted by molar-refractivity contribution is 5.71. The van der Waals surface area contributed by atoms with E-state index in [1.54, 1.807) is 0 Å². The lowest BCUT2D eigenvalue weighted by atomic mass is 10.1. The smallest absolute Gasteiger partial charge is 0.275 e. The van der Waals surface area contributed by atoms with E-state index in [0.717, 1.165) is 36.3 Å². The highest BCUT2D eigenvalue weighted by Gasteiger charge is 2.15. The van der Waals surface area contributed by atoms with E-state index in [-0.39, 0.29) is 5.56 Å². The molecule has 0 amide bonds. The molecule has 0 atom stereocenters. The summed E-state index contributed by atoms with van der Waals surface area (Å²) in [6.45, 7) is 2.59. The number of nitrogens with zero attached hydrogens (tertiary/aromatic N) is 2. The first-order chi connectivity index (χ1) is 8.72. The van der Waals surface area contributed by atoms with Gasteiger partial charge in [0.25, 0.3) is 5.56 Å². The first-order valence-electron chi connectivity index (χ1n) is 6.24. The number of unbranched alkanes of at least 4 members (excludes halogenated alkanes) is 1. The van der Waals surface area contributed by atoms with E-state index in [2.05, 4.69) is 9.97 Å². The summed E-state index contributed by atoms with van der Waals surface area (Å²) >= 11 is 0. The molecule has 5 heteroatoms. The van der Waals surface area contributed by atoms with Crippen LogP contribution >= 0.6 is 0 Å². The average molecular weight is 244 g/mol. The Labute approximate surface area is 104 Å². The second-order valence-corrected chi connectivity index (χ2v) is 4.65. The molecule has 3 heterocycles. The van der Waals surface area contributed by atoms with Crippen LogP contribution in [0.25, 0.3) is 16.8 Å². The van der Waals surface area contributed by atoms with Gasteiger partial charge in [0.1, 0.15) is 16.8 Å². The van der Waals surface area contributed by atoms with Crippen molar-refractivity contribution in [2.45, 2.75) is 26.2 Å². The Morgan fingerprint density at radius 1 is 1.39 bits per heavy atom. The van der Waals surface area contributed by atoms with E-state index in [0.29, 0.717) is 12.1 Å². The largest absolute Gasteiger partial charge is 0.330 e. The van der Waals surface area contributed by atoms with Crippen LogP contribution < -0.4 is 11.3 Å². The molecular formula is C13H16N4O. The topological polar surface area (TPSA) is 76.2 Å². The van der Waals surface area contributed by atoms with Crippen molar-refractivity contribution in [3.8, 4) is 0 Å². The molecule has 0 aliphatic carbocycles. The van der Waals surface area contributed by atoms with Gasteiger partial charge in [-0.3, -0.25) is 9.20 Å². The van der Waals surface area contributed by atoms with E-state index in [1.807, 2.05) is 23.5 Å². The van der Waals surface area contributed by atoms with Crippen molar-refractivity contribution < 1.29 is 0 Å².